The summed E-state index contributed by atoms with van der Waals surface area (Å²) < 4.78 is 113. The fourth-order valence-electron chi connectivity index (χ4n) is 4.50. The Labute approximate surface area is 228 Å². The van der Waals surface area contributed by atoms with E-state index in [4.69, 9.17) is 23.2 Å². The Balaban J connectivity index is 1.71. The number of rotatable bonds is 7. The Morgan fingerprint density at radius 3 is 2.13 bits per heavy atom. The normalized spacial score (nSPS) is 19.8. The largest absolute Gasteiger partial charge is 0.432 e. The van der Waals surface area contributed by atoms with Gasteiger partial charge in [0.2, 0.25) is 0 Å². The average Bonchev–Trinajstić information content (AvgIpc) is 3.48. The molecule has 212 valence electrons. The summed E-state index contributed by atoms with van der Waals surface area (Å²) in [6, 6.07) is 5.04. The van der Waals surface area contributed by atoms with Gasteiger partial charge in [0.25, 0.3) is 23.4 Å². The van der Waals surface area contributed by atoms with Crippen LogP contribution in [-0.2, 0) is 11.6 Å². The number of hydrogen-bond acceptors (Lipinski definition) is 2. The van der Waals surface area contributed by atoms with E-state index in [1.807, 2.05) is 0 Å². The molecule has 39 heavy (non-hydrogen) atoms. The number of halogens is 10. The maximum atomic E-state index is 15.1. The molecular formula is C26H22Cl2F8N2O. The summed E-state index contributed by atoms with van der Waals surface area (Å²) in [6.07, 6.45) is -1.49. The molecule has 1 saturated carbocycles. The van der Waals surface area contributed by atoms with Crippen molar-refractivity contribution in [3.05, 3.63) is 74.9 Å². The van der Waals surface area contributed by atoms with Crippen LogP contribution in [0, 0.1) is 0 Å². The van der Waals surface area contributed by atoms with Crippen LogP contribution in [0.1, 0.15) is 59.7 Å². The molecule has 0 bridgehead atoms. The zero-order chi connectivity index (χ0) is 29.1. The van der Waals surface area contributed by atoms with Crippen LogP contribution >= 0.6 is 23.2 Å². The lowest BCUT2D eigenvalue weighted by atomic mass is 9.83. The van der Waals surface area contributed by atoms with Gasteiger partial charge in [-0.25, -0.2) is 22.0 Å². The van der Waals surface area contributed by atoms with Crippen LogP contribution in [-0.4, -0.2) is 30.6 Å². The monoisotopic (exact) mass is 600 g/mol. The Bertz CT molecular complexity index is 1300. The van der Waals surface area contributed by atoms with E-state index >= 15 is 4.39 Å². The SMILES string of the molecule is CC(F)(F)c1cc(C(F)(C(C)(F)F)C(F)(F)F)cc(Cl)c1C1C=CN(c2ccc(Cl)c(C(=O)NC3CC3)c2)C1. The highest BCUT2D eigenvalue weighted by Crippen LogP contribution is 2.54. The molecular weight excluding hydrogens is 579 g/mol. The average molecular weight is 601 g/mol. The summed E-state index contributed by atoms with van der Waals surface area (Å²) >= 11 is 12.3. The summed E-state index contributed by atoms with van der Waals surface area (Å²) in [5, 5.41) is 2.27. The number of carbonyl (C=O) groups is 1. The fourth-order valence-corrected chi connectivity index (χ4v) is 5.06. The van der Waals surface area contributed by atoms with Crippen molar-refractivity contribution in [3.8, 4) is 0 Å². The number of amides is 1. The predicted octanol–water partition coefficient (Wildman–Crippen LogP) is 8.50. The van der Waals surface area contributed by atoms with E-state index in [1.54, 1.807) is 11.0 Å². The molecule has 2 atom stereocenters. The Morgan fingerprint density at radius 1 is 0.949 bits per heavy atom. The van der Waals surface area contributed by atoms with Crippen molar-refractivity contribution in [2.24, 2.45) is 0 Å². The first-order valence-electron chi connectivity index (χ1n) is 11.8. The highest BCUT2D eigenvalue weighted by molar-refractivity contribution is 6.34. The highest BCUT2D eigenvalue weighted by Gasteiger charge is 2.70. The summed E-state index contributed by atoms with van der Waals surface area (Å²) in [5.74, 6) is -10.2. The Hall–Kier alpha value is -2.53. The lowest BCUT2D eigenvalue weighted by Gasteiger charge is -2.34. The highest BCUT2D eigenvalue weighted by atomic mass is 35.5. The van der Waals surface area contributed by atoms with E-state index < -0.39 is 45.8 Å². The van der Waals surface area contributed by atoms with Crippen molar-refractivity contribution < 1.29 is 39.9 Å². The van der Waals surface area contributed by atoms with Crippen LogP contribution in [0.3, 0.4) is 0 Å². The lowest BCUT2D eigenvalue weighted by Crippen LogP contribution is -2.51. The lowest BCUT2D eigenvalue weighted by molar-refractivity contribution is -0.304. The molecule has 3 nitrogen and oxygen atoms in total. The van der Waals surface area contributed by atoms with Gasteiger partial charge in [-0.15, -0.1) is 0 Å². The Kier molecular flexibility index (Phi) is 7.43. The van der Waals surface area contributed by atoms with Crippen molar-refractivity contribution in [2.75, 3.05) is 11.4 Å². The number of alkyl halides is 8. The van der Waals surface area contributed by atoms with Gasteiger partial charge in [0.15, 0.2) is 0 Å². The van der Waals surface area contributed by atoms with Crippen LogP contribution in [0.25, 0.3) is 0 Å². The number of hydrogen-bond donors (Lipinski definition) is 1. The van der Waals surface area contributed by atoms with Crippen molar-refractivity contribution >= 4 is 34.8 Å². The van der Waals surface area contributed by atoms with Crippen molar-refractivity contribution in [2.45, 2.75) is 62.3 Å². The number of carbonyl (C=O) groups excluding carboxylic acids is 1. The number of benzene rings is 2. The van der Waals surface area contributed by atoms with Crippen molar-refractivity contribution in [3.63, 3.8) is 0 Å². The molecule has 0 spiro atoms. The molecule has 2 aromatic rings. The van der Waals surface area contributed by atoms with Crippen molar-refractivity contribution in [1.29, 1.82) is 0 Å². The van der Waals surface area contributed by atoms with E-state index in [-0.39, 0.29) is 47.6 Å². The van der Waals surface area contributed by atoms with Gasteiger partial charge in [-0.05, 0) is 48.7 Å². The zero-order valence-electron chi connectivity index (χ0n) is 20.5. The minimum absolute atomic E-state index is 0.0442. The van der Waals surface area contributed by atoms with Crippen LogP contribution in [0.4, 0.5) is 40.8 Å². The summed E-state index contributed by atoms with van der Waals surface area (Å²) in [6.45, 7) is 0.0241. The maximum absolute atomic E-state index is 15.1. The minimum Gasteiger partial charge on any atom is -0.349 e. The molecule has 1 heterocycles. The third-order valence-electron chi connectivity index (χ3n) is 6.70. The standard InChI is InChI=1S/C26H22Cl2F8N2O/c1-23(29,30)18-9-14(25(33,24(2,31)32)26(34,35)36)10-20(28)21(18)13-7-8-38(12-13)16-5-6-19(27)17(11-16)22(39)37-15-3-4-15/h5-11,13,15H,3-4,12H2,1-2H3,(H,37,39). The Morgan fingerprint density at radius 2 is 1.59 bits per heavy atom. The molecule has 2 aromatic carbocycles. The maximum Gasteiger partial charge on any atom is 0.432 e. The first-order valence-corrected chi connectivity index (χ1v) is 12.5. The molecule has 0 saturated heterocycles. The molecule has 1 amide bonds. The van der Waals surface area contributed by atoms with Gasteiger partial charge in [0, 0.05) is 60.4 Å². The zero-order valence-corrected chi connectivity index (χ0v) is 22.0. The molecule has 0 radical (unpaired) electrons. The number of nitrogens with one attached hydrogen (secondary N) is 1. The van der Waals surface area contributed by atoms with Gasteiger partial charge in [0.05, 0.1) is 10.6 Å². The van der Waals surface area contributed by atoms with Crippen LogP contribution < -0.4 is 10.2 Å². The van der Waals surface area contributed by atoms with E-state index in [1.165, 1.54) is 24.4 Å². The second kappa shape index (κ2) is 9.83. The minimum atomic E-state index is -6.13. The van der Waals surface area contributed by atoms with E-state index in [2.05, 4.69) is 5.32 Å². The molecule has 1 fully saturated rings. The molecule has 13 heteroatoms. The van der Waals surface area contributed by atoms with Gasteiger partial charge < -0.3 is 10.2 Å². The van der Waals surface area contributed by atoms with Crippen LogP contribution in [0.2, 0.25) is 10.0 Å². The second-order valence-corrected chi connectivity index (χ2v) is 10.7. The molecule has 4 rings (SSSR count). The first kappa shape index (κ1) is 29.5. The van der Waals surface area contributed by atoms with E-state index in [0.717, 1.165) is 12.8 Å². The molecule has 1 aliphatic carbocycles. The van der Waals surface area contributed by atoms with Gasteiger partial charge >= 0.3 is 6.18 Å². The number of anilines is 1. The van der Waals surface area contributed by atoms with Gasteiger partial charge in [-0.2, -0.15) is 13.2 Å². The smallest absolute Gasteiger partial charge is 0.349 e. The third kappa shape index (κ3) is 5.57. The fraction of sp³-hybridized carbons (Fsp3) is 0.423. The van der Waals surface area contributed by atoms with E-state index in [9.17, 15) is 35.5 Å². The van der Waals surface area contributed by atoms with Crippen LogP contribution in [0.5, 0.6) is 0 Å². The molecule has 2 aliphatic rings. The molecule has 1 N–H and O–H groups in total. The quantitative estimate of drug-likeness (QED) is 0.323. The summed E-state index contributed by atoms with van der Waals surface area (Å²) in [7, 11) is 0. The van der Waals surface area contributed by atoms with Crippen LogP contribution in [0.15, 0.2) is 42.6 Å². The topological polar surface area (TPSA) is 32.3 Å². The van der Waals surface area contributed by atoms with Crippen molar-refractivity contribution in [1.82, 2.24) is 5.32 Å². The molecule has 1 aliphatic heterocycles. The molecule has 2 unspecified atom stereocenters. The van der Waals surface area contributed by atoms with E-state index in [0.29, 0.717) is 18.7 Å². The third-order valence-corrected chi connectivity index (χ3v) is 7.34. The van der Waals surface area contributed by atoms with Gasteiger partial charge in [-0.3, -0.25) is 4.79 Å². The summed E-state index contributed by atoms with van der Waals surface area (Å²) in [4.78, 5) is 14.1. The van der Waals surface area contributed by atoms with Gasteiger partial charge in [-0.1, -0.05) is 29.3 Å². The van der Waals surface area contributed by atoms with Gasteiger partial charge in [0.1, 0.15) is 0 Å². The first-order chi connectivity index (χ1) is 17.8. The second-order valence-electron chi connectivity index (χ2n) is 9.86. The summed E-state index contributed by atoms with van der Waals surface area (Å²) in [5.41, 5.74) is -7.79. The number of nitrogens with zero attached hydrogens (tertiary/aromatic N) is 1. The predicted molar refractivity (Wildman–Crippen MR) is 132 cm³/mol. The molecule has 0 aromatic heterocycles.